The lowest BCUT2D eigenvalue weighted by molar-refractivity contribution is -0.134. The van der Waals surface area contributed by atoms with Gasteiger partial charge in [-0.2, -0.15) is 0 Å². The summed E-state index contributed by atoms with van der Waals surface area (Å²) in [7, 11) is 0. The highest BCUT2D eigenvalue weighted by atomic mass is 32.1. The zero-order valence-electron chi connectivity index (χ0n) is 20.8. The Kier molecular flexibility index (Phi) is 7.20. The van der Waals surface area contributed by atoms with Crippen molar-refractivity contribution in [3.05, 3.63) is 22.7 Å². The molecule has 2 aromatic rings. The van der Waals surface area contributed by atoms with E-state index in [2.05, 4.69) is 29.8 Å². The fraction of sp³-hybridized carbons (Fsp3) is 0.692. The Bertz CT molecular complexity index is 1000. The molecule has 1 atom stereocenters. The number of rotatable bonds is 8. The van der Waals surface area contributed by atoms with E-state index in [0.29, 0.717) is 31.8 Å². The number of carbonyl (C=O) groups is 2. The smallest absolute Gasteiger partial charge is 0.271 e. The first kappa shape index (κ1) is 24.3. The minimum atomic E-state index is -0.925. The molecule has 6 nitrogen and oxygen atoms in total. The van der Waals surface area contributed by atoms with Crippen molar-refractivity contribution in [2.24, 2.45) is 5.92 Å². The van der Waals surface area contributed by atoms with E-state index in [9.17, 15) is 9.59 Å². The van der Waals surface area contributed by atoms with Gasteiger partial charge in [0, 0.05) is 24.1 Å². The van der Waals surface area contributed by atoms with Gasteiger partial charge in [-0.05, 0) is 77.3 Å². The number of carbonyl (C=O) groups excluding carboxylic acids is 2. The van der Waals surface area contributed by atoms with Gasteiger partial charge in [0.15, 0.2) is 0 Å². The van der Waals surface area contributed by atoms with Gasteiger partial charge in [0.1, 0.15) is 11.2 Å². The minimum Gasteiger partial charge on any atom is -0.379 e. The van der Waals surface area contributed by atoms with Gasteiger partial charge in [0.25, 0.3) is 5.91 Å². The second kappa shape index (κ2) is 9.79. The second-order valence-corrected chi connectivity index (χ2v) is 11.5. The molecule has 2 aromatic heterocycles. The molecule has 182 valence electrons. The molecule has 1 unspecified atom stereocenters. The summed E-state index contributed by atoms with van der Waals surface area (Å²) in [6, 6.07) is 4.40. The van der Waals surface area contributed by atoms with Crippen molar-refractivity contribution in [3.63, 3.8) is 0 Å². The molecular formula is C26H39N3O3S. The van der Waals surface area contributed by atoms with Crippen LogP contribution in [0.25, 0.3) is 10.2 Å². The summed E-state index contributed by atoms with van der Waals surface area (Å²) in [5.74, 6) is 0.644. The topological polar surface area (TPSA) is 63.6 Å². The molecule has 2 aliphatic rings. The van der Waals surface area contributed by atoms with E-state index >= 15 is 0 Å². The summed E-state index contributed by atoms with van der Waals surface area (Å²) < 4.78 is 8.93. The molecule has 0 bridgehead atoms. The molecule has 0 radical (unpaired) electrons. The van der Waals surface area contributed by atoms with Crippen LogP contribution in [0.5, 0.6) is 0 Å². The monoisotopic (exact) mass is 473 g/mol. The third-order valence-electron chi connectivity index (χ3n) is 7.33. The molecule has 0 spiro atoms. The van der Waals surface area contributed by atoms with Crippen molar-refractivity contribution in [2.75, 3.05) is 13.2 Å². The first-order chi connectivity index (χ1) is 15.7. The normalized spacial score (nSPS) is 25.6. The molecule has 33 heavy (non-hydrogen) atoms. The van der Waals surface area contributed by atoms with Gasteiger partial charge in [-0.1, -0.05) is 13.8 Å². The molecule has 1 N–H and O–H groups in total. The SMILES string of the molecule is CCc1cc2c(cc3n2CC(C)(C(=O)NC2CCC(C)CC2)N(CCCOC(C)C)C3=O)s1. The number of hydrogen-bond acceptors (Lipinski definition) is 4. The Balaban J connectivity index is 1.61. The van der Waals surface area contributed by atoms with Crippen LogP contribution in [0.4, 0.5) is 0 Å². The van der Waals surface area contributed by atoms with Crippen molar-refractivity contribution in [1.29, 1.82) is 0 Å². The predicted octanol–water partition coefficient (Wildman–Crippen LogP) is 4.99. The Labute approximate surface area is 201 Å². The van der Waals surface area contributed by atoms with Gasteiger partial charge in [-0.3, -0.25) is 9.59 Å². The zero-order chi connectivity index (χ0) is 23.8. The summed E-state index contributed by atoms with van der Waals surface area (Å²) in [6.45, 7) is 12.0. The third kappa shape index (κ3) is 4.85. The molecule has 7 heteroatoms. The van der Waals surface area contributed by atoms with E-state index in [4.69, 9.17) is 4.74 Å². The van der Waals surface area contributed by atoms with Crippen LogP contribution in [-0.2, 0) is 22.5 Å². The number of aromatic nitrogens is 1. The minimum absolute atomic E-state index is 0.0291. The average Bonchev–Trinajstić information content (AvgIpc) is 3.33. The number of nitrogens with one attached hydrogen (secondary N) is 1. The molecule has 3 heterocycles. The van der Waals surface area contributed by atoms with Gasteiger partial charge in [0.2, 0.25) is 5.91 Å². The maximum Gasteiger partial charge on any atom is 0.271 e. The summed E-state index contributed by atoms with van der Waals surface area (Å²) in [6.07, 6.45) is 6.17. The molecule has 1 fully saturated rings. The third-order valence-corrected chi connectivity index (χ3v) is 8.55. The molecule has 2 amide bonds. The van der Waals surface area contributed by atoms with Crippen molar-refractivity contribution < 1.29 is 14.3 Å². The summed E-state index contributed by atoms with van der Waals surface area (Å²) in [5.41, 5.74) is 0.847. The average molecular weight is 474 g/mol. The van der Waals surface area contributed by atoms with E-state index in [0.717, 1.165) is 48.2 Å². The van der Waals surface area contributed by atoms with Crippen molar-refractivity contribution in [3.8, 4) is 0 Å². The van der Waals surface area contributed by atoms with Crippen LogP contribution < -0.4 is 5.32 Å². The van der Waals surface area contributed by atoms with Crippen molar-refractivity contribution in [2.45, 2.75) is 97.4 Å². The highest BCUT2D eigenvalue weighted by molar-refractivity contribution is 7.19. The maximum atomic E-state index is 13.7. The molecule has 1 aliphatic carbocycles. The van der Waals surface area contributed by atoms with Crippen LogP contribution in [0.1, 0.15) is 82.1 Å². The van der Waals surface area contributed by atoms with Gasteiger partial charge in [0.05, 0.1) is 22.9 Å². The summed E-state index contributed by atoms with van der Waals surface area (Å²) in [4.78, 5) is 30.6. The lowest BCUT2D eigenvalue weighted by atomic mass is 9.86. The van der Waals surface area contributed by atoms with Gasteiger partial charge >= 0.3 is 0 Å². The lowest BCUT2D eigenvalue weighted by Gasteiger charge is -2.45. The highest BCUT2D eigenvalue weighted by Crippen LogP contribution is 2.36. The van der Waals surface area contributed by atoms with Crippen molar-refractivity contribution >= 4 is 33.4 Å². The fourth-order valence-electron chi connectivity index (χ4n) is 5.20. The standard InChI is InChI=1S/C26H39N3O3S/c1-6-20-14-21-23(33-20)15-22-24(30)29(12-7-13-32-17(2)3)26(5,16-28(21)22)25(31)27-19-10-8-18(4)9-11-19/h14-15,17-19H,6-13,16H2,1-5H3,(H,27,31). The van der Waals surface area contributed by atoms with E-state index in [1.807, 2.05) is 26.8 Å². The number of fused-ring (bicyclic) bond motifs is 3. The molecule has 1 saturated carbocycles. The van der Waals surface area contributed by atoms with E-state index in [1.165, 1.54) is 4.88 Å². The van der Waals surface area contributed by atoms with E-state index < -0.39 is 5.54 Å². The molecular weight excluding hydrogens is 434 g/mol. The highest BCUT2D eigenvalue weighted by Gasteiger charge is 2.48. The molecule has 0 saturated heterocycles. The Morgan fingerprint density at radius 2 is 2.00 bits per heavy atom. The van der Waals surface area contributed by atoms with Gasteiger partial charge < -0.3 is 19.5 Å². The van der Waals surface area contributed by atoms with Crippen LogP contribution in [0, 0.1) is 5.92 Å². The van der Waals surface area contributed by atoms with Crippen molar-refractivity contribution in [1.82, 2.24) is 14.8 Å². The second-order valence-electron chi connectivity index (χ2n) is 10.4. The number of thiophene rings is 1. The zero-order valence-corrected chi connectivity index (χ0v) is 21.6. The quantitative estimate of drug-likeness (QED) is 0.550. The molecule has 0 aromatic carbocycles. The van der Waals surface area contributed by atoms with Crippen LogP contribution >= 0.6 is 11.3 Å². The Morgan fingerprint density at radius 1 is 1.27 bits per heavy atom. The molecule has 1 aliphatic heterocycles. The summed E-state index contributed by atoms with van der Waals surface area (Å²) >= 11 is 1.74. The number of nitrogens with zero attached hydrogens (tertiary/aromatic N) is 2. The number of amides is 2. The first-order valence-electron chi connectivity index (χ1n) is 12.6. The van der Waals surface area contributed by atoms with Crippen LogP contribution in [0.3, 0.4) is 0 Å². The lowest BCUT2D eigenvalue weighted by Crippen LogP contribution is -2.65. The fourth-order valence-corrected chi connectivity index (χ4v) is 6.24. The number of ether oxygens (including phenoxy) is 1. The molecule has 4 rings (SSSR count). The van der Waals surface area contributed by atoms with E-state index in [1.54, 1.807) is 16.2 Å². The predicted molar refractivity (Wildman–Crippen MR) is 134 cm³/mol. The van der Waals surface area contributed by atoms with Crippen LogP contribution in [0.2, 0.25) is 0 Å². The van der Waals surface area contributed by atoms with Crippen LogP contribution in [0.15, 0.2) is 12.1 Å². The number of aryl methyl sites for hydroxylation is 1. The first-order valence-corrected chi connectivity index (χ1v) is 13.4. The van der Waals surface area contributed by atoms with E-state index in [-0.39, 0.29) is 24.0 Å². The number of hydrogen-bond donors (Lipinski definition) is 1. The van der Waals surface area contributed by atoms with Gasteiger partial charge in [-0.15, -0.1) is 11.3 Å². The van der Waals surface area contributed by atoms with Gasteiger partial charge in [-0.25, -0.2) is 0 Å². The largest absolute Gasteiger partial charge is 0.379 e. The summed E-state index contributed by atoms with van der Waals surface area (Å²) in [5, 5.41) is 3.32. The van der Waals surface area contributed by atoms with Crippen LogP contribution in [-0.4, -0.2) is 52.1 Å². The Hall–Kier alpha value is -1.86. The Morgan fingerprint density at radius 3 is 2.67 bits per heavy atom. The maximum absolute atomic E-state index is 13.7.